The van der Waals surface area contributed by atoms with Crippen molar-refractivity contribution in [3.05, 3.63) is 35.4 Å². The molecule has 0 bridgehead atoms. The molecule has 2 rings (SSSR count). The summed E-state index contributed by atoms with van der Waals surface area (Å²) in [6.45, 7) is 7.53. The van der Waals surface area contributed by atoms with Gasteiger partial charge in [0.05, 0.1) is 0 Å². The molecule has 0 aromatic heterocycles. The second-order valence-corrected chi connectivity index (χ2v) is 7.09. The van der Waals surface area contributed by atoms with Crippen molar-refractivity contribution in [1.29, 1.82) is 0 Å². The zero-order valence-electron chi connectivity index (χ0n) is 16.3. The Morgan fingerprint density at radius 1 is 1.33 bits per heavy atom. The third-order valence-corrected chi connectivity index (χ3v) is 4.63. The minimum absolute atomic E-state index is 0. The van der Waals surface area contributed by atoms with Gasteiger partial charge in [0.2, 0.25) is 5.91 Å². The molecular weight excluding hydrogens is 465 g/mol. The highest BCUT2D eigenvalue weighted by Crippen LogP contribution is 2.19. The SMILES string of the molecule is CN=C(NCC(C)c1ccc(F)cc1F)NC1CCN(C(=O)C(C)C)C1.I. The van der Waals surface area contributed by atoms with E-state index in [0.29, 0.717) is 24.6 Å². The summed E-state index contributed by atoms with van der Waals surface area (Å²) in [5, 5.41) is 6.49. The molecule has 0 aliphatic carbocycles. The number of benzene rings is 1. The number of halogens is 3. The first-order valence-electron chi connectivity index (χ1n) is 9.02. The van der Waals surface area contributed by atoms with Gasteiger partial charge in [-0.05, 0) is 18.1 Å². The van der Waals surface area contributed by atoms with Crippen LogP contribution in [0.15, 0.2) is 23.2 Å². The van der Waals surface area contributed by atoms with Crippen LogP contribution in [0.1, 0.15) is 38.7 Å². The lowest BCUT2D eigenvalue weighted by Gasteiger charge is -2.21. The number of hydrogen-bond acceptors (Lipinski definition) is 2. The zero-order valence-corrected chi connectivity index (χ0v) is 18.6. The lowest BCUT2D eigenvalue weighted by molar-refractivity contribution is -0.133. The molecule has 2 atom stereocenters. The van der Waals surface area contributed by atoms with Crippen molar-refractivity contribution in [2.75, 3.05) is 26.7 Å². The number of carbonyl (C=O) groups excluding carboxylic acids is 1. The Kier molecular flexibility index (Phi) is 9.41. The summed E-state index contributed by atoms with van der Waals surface area (Å²) >= 11 is 0. The molecule has 1 aromatic rings. The molecule has 1 aliphatic heterocycles. The number of aliphatic imine (C=N–C) groups is 1. The quantitative estimate of drug-likeness (QED) is 0.376. The number of carbonyl (C=O) groups is 1. The van der Waals surface area contributed by atoms with Crippen LogP contribution in [-0.2, 0) is 4.79 Å². The first-order chi connectivity index (χ1) is 12.3. The fourth-order valence-electron chi connectivity index (χ4n) is 3.09. The van der Waals surface area contributed by atoms with E-state index in [9.17, 15) is 13.6 Å². The van der Waals surface area contributed by atoms with Gasteiger partial charge < -0.3 is 15.5 Å². The van der Waals surface area contributed by atoms with E-state index in [2.05, 4.69) is 15.6 Å². The average molecular weight is 494 g/mol. The van der Waals surface area contributed by atoms with Crippen molar-refractivity contribution >= 4 is 35.8 Å². The summed E-state index contributed by atoms with van der Waals surface area (Å²) < 4.78 is 26.9. The molecule has 1 fully saturated rings. The molecule has 1 amide bonds. The smallest absolute Gasteiger partial charge is 0.225 e. The van der Waals surface area contributed by atoms with Gasteiger partial charge in [-0.3, -0.25) is 9.79 Å². The predicted octanol–water partition coefficient (Wildman–Crippen LogP) is 3.11. The van der Waals surface area contributed by atoms with E-state index in [1.807, 2.05) is 25.7 Å². The van der Waals surface area contributed by atoms with Crippen molar-refractivity contribution in [3.63, 3.8) is 0 Å². The molecule has 1 saturated heterocycles. The van der Waals surface area contributed by atoms with Gasteiger partial charge in [-0.15, -0.1) is 24.0 Å². The van der Waals surface area contributed by atoms with Crippen molar-refractivity contribution in [2.45, 2.75) is 39.2 Å². The molecule has 8 heteroatoms. The number of rotatable bonds is 5. The van der Waals surface area contributed by atoms with Gasteiger partial charge in [-0.1, -0.05) is 26.8 Å². The highest BCUT2D eigenvalue weighted by molar-refractivity contribution is 14.0. The maximum Gasteiger partial charge on any atom is 0.225 e. The fourth-order valence-corrected chi connectivity index (χ4v) is 3.09. The van der Waals surface area contributed by atoms with Crippen LogP contribution in [0, 0.1) is 17.6 Å². The normalized spacial score (nSPS) is 18.3. The number of likely N-dealkylation sites (tertiary alicyclic amines) is 1. The van der Waals surface area contributed by atoms with Gasteiger partial charge in [0.25, 0.3) is 0 Å². The summed E-state index contributed by atoms with van der Waals surface area (Å²) in [7, 11) is 1.67. The summed E-state index contributed by atoms with van der Waals surface area (Å²) in [5.41, 5.74) is 0.462. The maximum atomic E-state index is 13.9. The highest BCUT2D eigenvalue weighted by atomic mass is 127. The zero-order chi connectivity index (χ0) is 19.3. The average Bonchev–Trinajstić information content (AvgIpc) is 3.05. The summed E-state index contributed by atoms with van der Waals surface area (Å²) in [5.74, 6) is -0.484. The van der Waals surface area contributed by atoms with Crippen LogP contribution in [0.25, 0.3) is 0 Å². The molecule has 0 saturated carbocycles. The molecule has 152 valence electrons. The molecule has 1 aliphatic rings. The van der Waals surface area contributed by atoms with Crippen LogP contribution in [0.4, 0.5) is 8.78 Å². The number of hydrogen-bond donors (Lipinski definition) is 2. The molecule has 1 aromatic carbocycles. The molecule has 2 unspecified atom stereocenters. The maximum absolute atomic E-state index is 13.9. The topological polar surface area (TPSA) is 56.7 Å². The first-order valence-corrected chi connectivity index (χ1v) is 9.02. The van der Waals surface area contributed by atoms with Crippen molar-refractivity contribution in [1.82, 2.24) is 15.5 Å². The predicted molar refractivity (Wildman–Crippen MR) is 115 cm³/mol. The van der Waals surface area contributed by atoms with Crippen molar-refractivity contribution < 1.29 is 13.6 Å². The van der Waals surface area contributed by atoms with E-state index in [-0.39, 0.29) is 47.8 Å². The van der Waals surface area contributed by atoms with Gasteiger partial charge in [-0.25, -0.2) is 8.78 Å². The van der Waals surface area contributed by atoms with E-state index >= 15 is 0 Å². The molecule has 0 radical (unpaired) electrons. The van der Waals surface area contributed by atoms with E-state index in [1.54, 1.807) is 7.05 Å². The van der Waals surface area contributed by atoms with Gasteiger partial charge in [-0.2, -0.15) is 0 Å². The molecule has 0 spiro atoms. The van der Waals surface area contributed by atoms with E-state index < -0.39 is 11.6 Å². The van der Waals surface area contributed by atoms with Gasteiger partial charge >= 0.3 is 0 Å². The Balaban J connectivity index is 0.00000364. The number of nitrogens with one attached hydrogen (secondary N) is 2. The minimum atomic E-state index is -0.578. The van der Waals surface area contributed by atoms with Crippen LogP contribution in [0.3, 0.4) is 0 Å². The minimum Gasteiger partial charge on any atom is -0.356 e. The number of guanidine groups is 1. The summed E-state index contributed by atoms with van der Waals surface area (Å²) in [6.07, 6.45) is 0.862. The Morgan fingerprint density at radius 2 is 2.04 bits per heavy atom. The monoisotopic (exact) mass is 494 g/mol. The van der Waals surface area contributed by atoms with Crippen LogP contribution < -0.4 is 10.6 Å². The molecule has 1 heterocycles. The van der Waals surface area contributed by atoms with Gasteiger partial charge in [0, 0.05) is 50.6 Å². The van der Waals surface area contributed by atoms with E-state index in [4.69, 9.17) is 0 Å². The molecule has 2 N–H and O–H groups in total. The van der Waals surface area contributed by atoms with Crippen LogP contribution in [0.5, 0.6) is 0 Å². The van der Waals surface area contributed by atoms with Gasteiger partial charge in [0.1, 0.15) is 11.6 Å². The largest absolute Gasteiger partial charge is 0.356 e. The van der Waals surface area contributed by atoms with Crippen molar-refractivity contribution in [2.24, 2.45) is 10.9 Å². The third kappa shape index (κ3) is 6.58. The first kappa shape index (κ1) is 23.6. The van der Waals surface area contributed by atoms with Crippen molar-refractivity contribution in [3.8, 4) is 0 Å². The standard InChI is InChI=1S/C19H28F2N4O.HI/c1-12(2)18(26)25-8-7-15(11-25)24-19(22-4)23-10-13(3)16-6-5-14(20)9-17(16)21;/h5-6,9,12-13,15H,7-8,10-11H2,1-4H3,(H2,22,23,24);1H. The third-order valence-electron chi connectivity index (χ3n) is 4.63. The van der Waals surface area contributed by atoms with E-state index in [0.717, 1.165) is 19.0 Å². The Hall–Kier alpha value is -1.45. The molecule has 5 nitrogen and oxygen atoms in total. The fraction of sp³-hybridized carbons (Fsp3) is 0.579. The van der Waals surface area contributed by atoms with E-state index in [1.165, 1.54) is 12.1 Å². The Morgan fingerprint density at radius 3 is 2.63 bits per heavy atom. The Labute approximate surface area is 177 Å². The van der Waals surface area contributed by atoms with Crippen LogP contribution in [0.2, 0.25) is 0 Å². The molecule has 27 heavy (non-hydrogen) atoms. The van der Waals surface area contributed by atoms with Crippen LogP contribution in [-0.4, -0.2) is 49.5 Å². The highest BCUT2D eigenvalue weighted by Gasteiger charge is 2.28. The summed E-state index contributed by atoms with van der Waals surface area (Å²) in [4.78, 5) is 18.1. The lowest BCUT2D eigenvalue weighted by atomic mass is 10.0. The lowest BCUT2D eigenvalue weighted by Crippen LogP contribution is -2.46. The summed E-state index contributed by atoms with van der Waals surface area (Å²) in [6, 6.07) is 3.78. The number of amides is 1. The Bertz CT molecular complexity index is 669. The van der Waals surface area contributed by atoms with Crippen LogP contribution >= 0.6 is 24.0 Å². The second-order valence-electron chi connectivity index (χ2n) is 7.09. The molecular formula is C19H29F2IN4O. The van der Waals surface area contributed by atoms with Gasteiger partial charge in [0.15, 0.2) is 5.96 Å². The second kappa shape index (κ2) is 10.8. The number of nitrogens with zero attached hydrogens (tertiary/aromatic N) is 2.